The maximum atomic E-state index is 13.1. The Morgan fingerprint density at radius 1 is 1.13 bits per heavy atom. The van der Waals surface area contributed by atoms with E-state index in [1.807, 2.05) is 30.3 Å². The van der Waals surface area contributed by atoms with Crippen molar-refractivity contribution in [2.24, 2.45) is 0 Å². The monoisotopic (exact) mass is 423 g/mol. The van der Waals surface area contributed by atoms with Crippen LogP contribution in [0.1, 0.15) is 34.8 Å². The molecule has 31 heavy (non-hydrogen) atoms. The first-order valence-electron chi connectivity index (χ1n) is 10.8. The molecule has 0 bridgehead atoms. The van der Waals surface area contributed by atoms with E-state index in [9.17, 15) is 14.9 Å². The number of rotatable bonds is 8. The standard InChI is InChI=1S/C23H29N5O3/c1-26-11-13-27(14-12-26)16-21(17-5-3-2-4-6-17)25-23(29)18-7-10-20(24-19-8-9-19)22(15-18)28(30)31/h2-7,10,15,19,21,24H,8-9,11-14,16H2,1H3,(H,25,29). The van der Waals surface area contributed by atoms with Crippen molar-refractivity contribution in [1.29, 1.82) is 0 Å². The van der Waals surface area contributed by atoms with E-state index >= 15 is 0 Å². The highest BCUT2D eigenvalue weighted by molar-refractivity contribution is 5.96. The predicted molar refractivity (Wildman–Crippen MR) is 120 cm³/mol. The molecule has 1 aliphatic heterocycles. The lowest BCUT2D eigenvalue weighted by atomic mass is 10.0. The minimum Gasteiger partial charge on any atom is -0.377 e. The molecule has 164 valence electrons. The first kappa shape index (κ1) is 21.3. The Hall–Kier alpha value is -2.97. The van der Waals surface area contributed by atoms with Gasteiger partial charge in [-0.1, -0.05) is 30.3 Å². The van der Waals surface area contributed by atoms with Crippen LogP contribution in [0, 0.1) is 10.1 Å². The molecule has 2 aromatic rings. The molecule has 0 spiro atoms. The molecule has 1 atom stereocenters. The Kier molecular flexibility index (Phi) is 6.48. The van der Waals surface area contributed by atoms with Gasteiger partial charge in [0.25, 0.3) is 11.6 Å². The van der Waals surface area contributed by atoms with Gasteiger partial charge in [0.2, 0.25) is 0 Å². The number of nitrogens with one attached hydrogen (secondary N) is 2. The highest BCUT2D eigenvalue weighted by Crippen LogP contribution is 2.31. The van der Waals surface area contributed by atoms with E-state index in [0.717, 1.165) is 44.6 Å². The van der Waals surface area contributed by atoms with Gasteiger partial charge in [0.05, 0.1) is 11.0 Å². The summed E-state index contributed by atoms with van der Waals surface area (Å²) in [5.74, 6) is -0.302. The van der Waals surface area contributed by atoms with Gasteiger partial charge >= 0.3 is 0 Å². The number of nitrogens with zero attached hydrogens (tertiary/aromatic N) is 3. The Balaban J connectivity index is 1.51. The lowest BCUT2D eigenvalue weighted by Crippen LogP contribution is -2.47. The SMILES string of the molecule is CN1CCN(CC(NC(=O)c2ccc(NC3CC3)c([N+](=O)[O-])c2)c2ccccc2)CC1. The fourth-order valence-corrected chi connectivity index (χ4v) is 3.84. The lowest BCUT2D eigenvalue weighted by Gasteiger charge is -2.35. The highest BCUT2D eigenvalue weighted by atomic mass is 16.6. The highest BCUT2D eigenvalue weighted by Gasteiger charge is 2.27. The van der Waals surface area contributed by atoms with E-state index in [1.54, 1.807) is 12.1 Å². The van der Waals surface area contributed by atoms with Gasteiger partial charge in [-0.25, -0.2) is 0 Å². The summed E-state index contributed by atoms with van der Waals surface area (Å²) < 4.78 is 0. The van der Waals surface area contributed by atoms with Crippen LogP contribution in [0.2, 0.25) is 0 Å². The van der Waals surface area contributed by atoms with Gasteiger partial charge in [0.1, 0.15) is 5.69 Å². The van der Waals surface area contributed by atoms with E-state index < -0.39 is 4.92 Å². The number of likely N-dealkylation sites (N-methyl/N-ethyl adjacent to an activating group) is 1. The molecule has 2 N–H and O–H groups in total. The number of benzene rings is 2. The van der Waals surface area contributed by atoms with Crippen molar-refractivity contribution in [3.8, 4) is 0 Å². The van der Waals surface area contributed by atoms with Crippen LogP contribution in [0.25, 0.3) is 0 Å². The summed E-state index contributed by atoms with van der Waals surface area (Å²) >= 11 is 0. The van der Waals surface area contributed by atoms with E-state index in [4.69, 9.17) is 0 Å². The third-order valence-electron chi connectivity index (χ3n) is 5.94. The molecule has 1 aliphatic carbocycles. The molecule has 1 heterocycles. The van der Waals surface area contributed by atoms with Crippen molar-refractivity contribution in [1.82, 2.24) is 15.1 Å². The Labute approximate surface area is 182 Å². The molecule has 2 fully saturated rings. The summed E-state index contributed by atoms with van der Waals surface area (Å²) in [4.78, 5) is 28.8. The zero-order valence-electron chi connectivity index (χ0n) is 17.8. The number of piperazine rings is 1. The fraction of sp³-hybridized carbons (Fsp3) is 0.435. The summed E-state index contributed by atoms with van der Waals surface area (Å²) in [5, 5.41) is 17.8. The Bertz CT molecular complexity index is 924. The van der Waals surface area contributed by atoms with Crippen LogP contribution in [0.5, 0.6) is 0 Å². The second kappa shape index (κ2) is 9.45. The van der Waals surface area contributed by atoms with Crippen molar-refractivity contribution in [2.75, 3.05) is 45.1 Å². The molecule has 4 rings (SSSR count). The van der Waals surface area contributed by atoms with Gasteiger partial charge in [-0.15, -0.1) is 0 Å². The van der Waals surface area contributed by atoms with Crippen molar-refractivity contribution < 1.29 is 9.72 Å². The van der Waals surface area contributed by atoms with Gasteiger partial charge < -0.3 is 15.5 Å². The lowest BCUT2D eigenvalue weighted by molar-refractivity contribution is -0.384. The molecule has 0 radical (unpaired) electrons. The van der Waals surface area contributed by atoms with Crippen LogP contribution in [0.4, 0.5) is 11.4 Å². The van der Waals surface area contributed by atoms with Crippen molar-refractivity contribution >= 4 is 17.3 Å². The molecule has 2 aromatic carbocycles. The summed E-state index contributed by atoms with van der Waals surface area (Å²) in [6.45, 7) is 4.59. The van der Waals surface area contributed by atoms with Crippen molar-refractivity contribution in [3.05, 3.63) is 69.8 Å². The van der Waals surface area contributed by atoms with E-state index in [2.05, 4.69) is 27.5 Å². The first-order valence-corrected chi connectivity index (χ1v) is 10.8. The predicted octanol–water partition coefficient (Wildman–Crippen LogP) is 2.89. The maximum absolute atomic E-state index is 13.1. The molecular formula is C23H29N5O3. The molecule has 0 aromatic heterocycles. The van der Waals surface area contributed by atoms with Gasteiger partial charge in [0.15, 0.2) is 0 Å². The zero-order valence-corrected chi connectivity index (χ0v) is 17.8. The Morgan fingerprint density at radius 3 is 2.48 bits per heavy atom. The summed E-state index contributed by atoms with van der Waals surface area (Å²) in [5.41, 5.74) is 1.74. The van der Waals surface area contributed by atoms with Crippen LogP contribution in [-0.2, 0) is 0 Å². The number of nitro benzene ring substituents is 1. The third kappa shape index (κ3) is 5.59. The fourth-order valence-electron chi connectivity index (χ4n) is 3.84. The second-order valence-electron chi connectivity index (χ2n) is 8.45. The number of hydrogen-bond donors (Lipinski definition) is 2. The first-order chi connectivity index (χ1) is 15.0. The summed E-state index contributed by atoms with van der Waals surface area (Å²) in [7, 11) is 2.11. The molecule has 1 amide bonds. The van der Waals surface area contributed by atoms with Crippen molar-refractivity contribution in [3.63, 3.8) is 0 Å². The van der Waals surface area contributed by atoms with Crippen LogP contribution in [0.15, 0.2) is 48.5 Å². The zero-order chi connectivity index (χ0) is 21.8. The smallest absolute Gasteiger partial charge is 0.293 e. The van der Waals surface area contributed by atoms with Gasteiger partial charge in [0, 0.05) is 50.4 Å². The molecule has 8 nitrogen and oxygen atoms in total. The molecule has 1 saturated carbocycles. The summed E-state index contributed by atoms with van der Waals surface area (Å²) in [6, 6.07) is 14.7. The molecule has 1 unspecified atom stereocenters. The third-order valence-corrected chi connectivity index (χ3v) is 5.94. The quantitative estimate of drug-likeness (QED) is 0.501. The van der Waals surface area contributed by atoms with E-state index in [0.29, 0.717) is 23.8 Å². The van der Waals surface area contributed by atoms with Crippen LogP contribution in [-0.4, -0.2) is 66.4 Å². The van der Waals surface area contributed by atoms with Crippen LogP contribution < -0.4 is 10.6 Å². The van der Waals surface area contributed by atoms with E-state index in [1.165, 1.54) is 6.07 Å². The van der Waals surface area contributed by atoms with E-state index in [-0.39, 0.29) is 17.6 Å². The van der Waals surface area contributed by atoms with Gasteiger partial charge in [-0.3, -0.25) is 19.8 Å². The van der Waals surface area contributed by atoms with Gasteiger partial charge in [-0.05, 0) is 37.6 Å². The number of carbonyl (C=O) groups is 1. The van der Waals surface area contributed by atoms with Gasteiger partial charge in [-0.2, -0.15) is 0 Å². The topological polar surface area (TPSA) is 90.8 Å². The maximum Gasteiger partial charge on any atom is 0.293 e. The van der Waals surface area contributed by atoms with Crippen molar-refractivity contribution in [2.45, 2.75) is 24.9 Å². The minimum absolute atomic E-state index is 0.0603. The molecular weight excluding hydrogens is 394 g/mol. The largest absolute Gasteiger partial charge is 0.377 e. The number of hydrogen-bond acceptors (Lipinski definition) is 6. The second-order valence-corrected chi connectivity index (χ2v) is 8.45. The number of anilines is 1. The molecule has 1 saturated heterocycles. The summed E-state index contributed by atoms with van der Waals surface area (Å²) in [6.07, 6.45) is 2.04. The average molecular weight is 424 g/mol. The number of amides is 1. The Morgan fingerprint density at radius 2 is 1.84 bits per heavy atom. The minimum atomic E-state index is -0.430. The number of carbonyl (C=O) groups excluding carboxylic acids is 1. The van der Waals surface area contributed by atoms with Crippen LogP contribution in [0.3, 0.4) is 0 Å². The normalized spacial score (nSPS) is 18.4. The van der Waals surface area contributed by atoms with Crippen LogP contribution >= 0.6 is 0 Å². The average Bonchev–Trinajstić information content (AvgIpc) is 3.59. The molecule has 8 heteroatoms. The number of nitro groups is 1. The molecule has 2 aliphatic rings.